The summed E-state index contributed by atoms with van der Waals surface area (Å²) in [6, 6.07) is 21.9. The first kappa shape index (κ1) is 12.0. The normalized spacial score (nSPS) is 14.9. The quantitative estimate of drug-likeness (QED) is 0.780. The fourth-order valence-electron chi connectivity index (χ4n) is 2.74. The van der Waals surface area contributed by atoms with Gasteiger partial charge in [0.05, 0.1) is 6.04 Å². The first-order valence-electron chi connectivity index (χ1n) is 6.97. The van der Waals surface area contributed by atoms with Gasteiger partial charge in [0, 0.05) is 6.54 Å². The molecule has 0 atom stereocenters. The first-order valence-corrected chi connectivity index (χ1v) is 6.97. The van der Waals surface area contributed by atoms with Crippen LogP contribution in [-0.2, 0) is 0 Å². The van der Waals surface area contributed by atoms with Gasteiger partial charge in [0.1, 0.15) is 0 Å². The van der Waals surface area contributed by atoms with Crippen molar-refractivity contribution in [3.63, 3.8) is 0 Å². The molecule has 0 unspecified atom stereocenters. The summed E-state index contributed by atoms with van der Waals surface area (Å²) in [4.78, 5) is 2.45. The summed E-state index contributed by atoms with van der Waals surface area (Å²) >= 11 is 0. The van der Waals surface area contributed by atoms with Crippen LogP contribution in [0.15, 0.2) is 72.9 Å². The van der Waals surface area contributed by atoms with E-state index >= 15 is 0 Å². The third kappa shape index (κ3) is 2.70. The highest BCUT2D eigenvalue weighted by atomic mass is 15.1. The highest BCUT2D eigenvalue weighted by molar-refractivity contribution is 5.32. The lowest BCUT2D eigenvalue weighted by molar-refractivity contribution is 0.300. The molecule has 96 valence electrons. The van der Waals surface area contributed by atoms with Gasteiger partial charge in [0.25, 0.3) is 0 Å². The number of hydrogen-bond acceptors (Lipinski definition) is 1. The summed E-state index contributed by atoms with van der Waals surface area (Å²) in [5, 5.41) is 0. The highest BCUT2D eigenvalue weighted by Gasteiger charge is 2.20. The predicted molar refractivity (Wildman–Crippen MR) is 79.8 cm³/mol. The van der Waals surface area contributed by atoms with E-state index in [0.29, 0.717) is 6.04 Å². The molecule has 1 heterocycles. The van der Waals surface area contributed by atoms with E-state index in [1.807, 2.05) is 0 Å². The molecule has 0 bridgehead atoms. The summed E-state index contributed by atoms with van der Waals surface area (Å²) in [6.07, 6.45) is 6.98. The van der Waals surface area contributed by atoms with Crippen LogP contribution in [0.25, 0.3) is 0 Å². The maximum Gasteiger partial charge on any atom is 0.0790 e. The zero-order valence-electron chi connectivity index (χ0n) is 11.1. The Kier molecular flexibility index (Phi) is 3.64. The summed E-state index contributed by atoms with van der Waals surface area (Å²) in [5.41, 5.74) is 2.72. The van der Waals surface area contributed by atoms with Crippen molar-refractivity contribution in [3.8, 4) is 0 Å². The van der Waals surface area contributed by atoms with Crippen LogP contribution in [0.1, 0.15) is 30.0 Å². The van der Waals surface area contributed by atoms with Gasteiger partial charge in [-0.15, -0.1) is 0 Å². The Hall–Kier alpha value is -2.02. The van der Waals surface area contributed by atoms with E-state index in [1.165, 1.54) is 24.0 Å². The molecule has 0 saturated heterocycles. The van der Waals surface area contributed by atoms with E-state index in [9.17, 15) is 0 Å². The molecule has 0 aliphatic carbocycles. The van der Waals surface area contributed by atoms with Gasteiger partial charge in [-0.05, 0) is 30.2 Å². The molecule has 2 aromatic rings. The van der Waals surface area contributed by atoms with Crippen LogP contribution in [0.5, 0.6) is 0 Å². The van der Waals surface area contributed by atoms with Crippen LogP contribution < -0.4 is 0 Å². The molecule has 3 rings (SSSR count). The fraction of sp³-hybridized carbons (Fsp3) is 0.222. The molecule has 0 fully saturated rings. The van der Waals surface area contributed by atoms with Gasteiger partial charge in [-0.2, -0.15) is 0 Å². The monoisotopic (exact) mass is 249 g/mol. The van der Waals surface area contributed by atoms with Gasteiger partial charge >= 0.3 is 0 Å². The van der Waals surface area contributed by atoms with Crippen molar-refractivity contribution in [2.45, 2.75) is 18.9 Å². The van der Waals surface area contributed by atoms with Gasteiger partial charge in [0.2, 0.25) is 0 Å². The van der Waals surface area contributed by atoms with Gasteiger partial charge in [-0.1, -0.05) is 66.7 Å². The van der Waals surface area contributed by atoms with Crippen molar-refractivity contribution >= 4 is 0 Å². The Morgan fingerprint density at radius 2 is 1.37 bits per heavy atom. The van der Waals surface area contributed by atoms with Crippen molar-refractivity contribution in [1.29, 1.82) is 0 Å². The van der Waals surface area contributed by atoms with Crippen molar-refractivity contribution in [1.82, 2.24) is 4.90 Å². The Labute approximate surface area is 115 Å². The van der Waals surface area contributed by atoms with Crippen LogP contribution in [0, 0.1) is 0 Å². The molecule has 1 nitrogen and oxygen atoms in total. The molecule has 1 aliphatic heterocycles. The molecule has 1 aliphatic rings. The lowest BCUT2D eigenvalue weighted by Crippen LogP contribution is -2.27. The van der Waals surface area contributed by atoms with Gasteiger partial charge in [-0.25, -0.2) is 0 Å². The van der Waals surface area contributed by atoms with E-state index in [1.54, 1.807) is 0 Å². The molecule has 1 heteroatoms. The maximum absolute atomic E-state index is 2.45. The van der Waals surface area contributed by atoms with Gasteiger partial charge in [0.15, 0.2) is 0 Å². The van der Waals surface area contributed by atoms with Gasteiger partial charge in [-0.3, -0.25) is 0 Å². The van der Waals surface area contributed by atoms with E-state index < -0.39 is 0 Å². The number of rotatable bonds is 3. The molecule has 19 heavy (non-hydrogen) atoms. The molecule has 2 aromatic carbocycles. The SMILES string of the molecule is C1=CN(C(c2ccccc2)c2ccccc2)CCC1. The Bertz CT molecular complexity index is 491. The Balaban J connectivity index is 2.01. The molecule has 0 N–H and O–H groups in total. The lowest BCUT2D eigenvalue weighted by Gasteiger charge is -2.33. The van der Waals surface area contributed by atoms with E-state index in [0.717, 1.165) is 6.54 Å². The third-order valence-electron chi connectivity index (χ3n) is 3.65. The minimum absolute atomic E-state index is 0.332. The molecule has 0 amide bonds. The summed E-state index contributed by atoms with van der Waals surface area (Å²) in [7, 11) is 0. The molecule has 0 spiro atoms. The first-order chi connectivity index (χ1) is 9.45. The Morgan fingerprint density at radius 3 is 1.84 bits per heavy atom. The average molecular weight is 249 g/mol. The van der Waals surface area contributed by atoms with Crippen molar-refractivity contribution in [2.24, 2.45) is 0 Å². The zero-order valence-corrected chi connectivity index (χ0v) is 11.1. The second kappa shape index (κ2) is 5.75. The number of hydrogen-bond donors (Lipinski definition) is 0. The number of allylic oxidation sites excluding steroid dienone is 1. The van der Waals surface area contributed by atoms with E-state index in [4.69, 9.17) is 0 Å². The molecule has 0 radical (unpaired) electrons. The van der Waals surface area contributed by atoms with Crippen LogP contribution in [-0.4, -0.2) is 11.4 Å². The van der Waals surface area contributed by atoms with Crippen molar-refractivity contribution < 1.29 is 0 Å². The maximum atomic E-state index is 2.45. The standard InChI is InChI=1S/C18H19N/c1-4-10-16(11-5-1)18(17-12-6-2-7-13-17)19-14-8-3-9-15-19/h1-2,4-8,10-14,18H,3,9,15H2. The summed E-state index contributed by atoms with van der Waals surface area (Å²) < 4.78 is 0. The Morgan fingerprint density at radius 1 is 0.789 bits per heavy atom. The lowest BCUT2D eigenvalue weighted by atomic mass is 9.96. The largest absolute Gasteiger partial charge is 0.367 e. The summed E-state index contributed by atoms with van der Waals surface area (Å²) in [6.45, 7) is 1.13. The predicted octanol–water partition coefficient (Wildman–Crippen LogP) is 4.39. The van der Waals surface area contributed by atoms with Crippen LogP contribution in [0.4, 0.5) is 0 Å². The van der Waals surface area contributed by atoms with Crippen LogP contribution in [0.3, 0.4) is 0 Å². The fourth-order valence-corrected chi connectivity index (χ4v) is 2.74. The smallest absolute Gasteiger partial charge is 0.0790 e. The zero-order chi connectivity index (χ0) is 12.9. The van der Waals surface area contributed by atoms with Crippen LogP contribution >= 0.6 is 0 Å². The minimum atomic E-state index is 0.332. The van der Waals surface area contributed by atoms with Gasteiger partial charge < -0.3 is 4.90 Å². The number of benzene rings is 2. The minimum Gasteiger partial charge on any atom is -0.367 e. The van der Waals surface area contributed by atoms with Crippen molar-refractivity contribution in [3.05, 3.63) is 84.1 Å². The topological polar surface area (TPSA) is 3.24 Å². The number of nitrogens with zero attached hydrogens (tertiary/aromatic N) is 1. The molecule has 0 saturated carbocycles. The third-order valence-corrected chi connectivity index (χ3v) is 3.65. The van der Waals surface area contributed by atoms with E-state index in [2.05, 4.69) is 77.8 Å². The highest BCUT2D eigenvalue weighted by Crippen LogP contribution is 2.30. The summed E-state index contributed by atoms with van der Waals surface area (Å²) in [5.74, 6) is 0. The average Bonchev–Trinajstić information content (AvgIpc) is 2.51. The second-order valence-corrected chi connectivity index (χ2v) is 4.99. The van der Waals surface area contributed by atoms with E-state index in [-0.39, 0.29) is 0 Å². The molecular weight excluding hydrogens is 230 g/mol. The molecule has 0 aromatic heterocycles. The van der Waals surface area contributed by atoms with Crippen molar-refractivity contribution in [2.75, 3.05) is 6.54 Å². The second-order valence-electron chi connectivity index (χ2n) is 4.99. The van der Waals surface area contributed by atoms with Crippen LogP contribution in [0.2, 0.25) is 0 Å². The molecular formula is C18H19N.